The van der Waals surface area contributed by atoms with Crippen molar-refractivity contribution in [2.45, 2.75) is 58.9 Å². The quantitative estimate of drug-likeness (QED) is 0.704. The molecule has 0 saturated heterocycles. The van der Waals surface area contributed by atoms with E-state index in [1.807, 2.05) is 13.8 Å². The van der Waals surface area contributed by atoms with Gasteiger partial charge in [-0.2, -0.15) is 5.26 Å². The van der Waals surface area contributed by atoms with E-state index in [9.17, 15) is 0 Å². The zero-order valence-electron chi connectivity index (χ0n) is 9.84. The summed E-state index contributed by atoms with van der Waals surface area (Å²) in [5, 5.41) is 11.8. The molecule has 1 fully saturated rings. The van der Waals surface area contributed by atoms with Crippen LogP contribution >= 0.6 is 0 Å². The Morgan fingerprint density at radius 3 is 2.29 bits per heavy atom. The van der Waals surface area contributed by atoms with E-state index in [1.165, 1.54) is 25.7 Å². The Hall–Kier alpha value is -0.550. The van der Waals surface area contributed by atoms with Crippen LogP contribution in [0.25, 0.3) is 0 Å². The summed E-state index contributed by atoms with van der Waals surface area (Å²) in [5.41, 5.74) is 0. The van der Waals surface area contributed by atoms with Gasteiger partial charge in [0.25, 0.3) is 0 Å². The minimum Gasteiger partial charge on any atom is -0.313 e. The Kier molecular flexibility index (Phi) is 8.67. The van der Waals surface area contributed by atoms with E-state index in [4.69, 9.17) is 5.26 Å². The molecule has 0 heterocycles. The number of hydrogen-bond donors (Lipinski definition) is 1. The fourth-order valence-electron chi connectivity index (χ4n) is 1.80. The van der Waals surface area contributed by atoms with Gasteiger partial charge in [-0.1, -0.05) is 20.8 Å². The van der Waals surface area contributed by atoms with Gasteiger partial charge >= 0.3 is 0 Å². The molecule has 0 aromatic carbocycles. The van der Waals surface area contributed by atoms with E-state index < -0.39 is 0 Å². The predicted octanol–water partition coefficient (Wildman–Crippen LogP) is 3.09. The fraction of sp³-hybridized carbons (Fsp3) is 0.917. The van der Waals surface area contributed by atoms with Gasteiger partial charge in [0.1, 0.15) is 0 Å². The van der Waals surface area contributed by atoms with Crippen LogP contribution in [-0.2, 0) is 0 Å². The lowest BCUT2D eigenvalue weighted by molar-refractivity contribution is 0.309. The topological polar surface area (TPSA) is 35.8 Å². The summed E-state index contributed by atoms with van der Waals surface area (Å²) in [4.78, 5) is 0. The molecule has 0 aliphatic heterocycles. The maximum atomic E-state index is 8.35. The van der Waals surface area contributed by atoms with Gasteiger partial charge in [0.2, 0.25) is 0 Å². The molecule has 0 aromatic rings. The van der Waals surface area contributed by atoms with Gasteiger partial charge in [-0.05, 0) is 31.6 Å². The first-order chi connectivity index (χ1) is 6.83. The van der Waals surface area contributed by atoms with E-state index in [1.54, 1.807) is 0 Å². The van der Waals surface area contributed by atoms with Crippen LogP contribution in [0.4, 0.5) is 0 Å². The summed E-state index contributed by atoms with van der Waals surface area (Å²) in [6, 6.07) is 2.84. The molecule has 14 heavy (non-hydrogen) atoms. The maximum Gasteiger partial charge on any atom is 0.0635 e. The molecule has 0 spiro atoms. The monoisotopic (exact) mass is 196 g/mol. The zero-order valence-corrected chi connectivity index (χ0v) is 9.84. The van der Waals surface area contributed by atoms with Crippen molar-refractivity contribution in [3.8, 4) is 6.07 Å². The van der Waals surface area contributed by atoms with E-state index in [2.05, 4.69) is 18.3 Å². The van der Waals surface area contributed by atoms with Crippen LogP contribution in [0.3, 0.4) is 0 Å². The van der Waals surface area contributed by atoms with Crippen molar-refractivity contribution < 1.29 is 0 Å². The molecule has 1 saturated carbocycles. The summed E-state index contributed by atoms with van der Waals surface area (Å²) in [6.45, 7) is 7.20. The van der Waals surface area contributed by atoms with Crippen LogP contribution in [-0.4, -0.2) is 12.6 Å². The second-order valence-electron chi connectivity index (χ2n) is 3.82. The predicted molar refractivity (Wildman–Crippen MR) is 61.0 cm³/mol. The van der Waals surface area contributed by atoms with Crippen molar-refractivity contribution in [3.05, 3.63) is 0 Å². The van der Waals surface area contributed by atoms with Crippen molar-refractivity contribution in [1.82, 2.24) is 5.32 Å². The van der Waals surface area contributed by atoms with Crippen molar-refractivity contribution in [3.63, 3.8) is 0 Å². The Bertz CT molecular complexity index is 152. The van der Waals surface area contributed by atoms with Gasteiger partial charge in [-0.15, -0.1) is 0 Å². The highest BCUT2D eigenvalue weighted by Crippen LogP contribution is 2.23. The summed E-state index contributed by atoms with van der Waals surface area (Å²) < 4.78 is 0. The average Bonchev–Trinajstić information content (AvgIpc) is 2.24. The first-order valence-electron chi connectivity index (χ1n) is 5.93. The molecule has 2 nitrogen and oxygen atoms in total. The Labute approximate surface area is 88.7 Å². The first-order valence-corrected chi connectivity index (χ1v) is 5.93. The Morgan fingerprint density at radius 1 is 1.21 bits per heavy atom. The van der Waals surface area contributed by atoms with E-state index in [-0.39, 0.29) is 0 Å². The van der Waals surface area contributed by atoms with Crippen LogP contribution < -0.4 is 5.32 Å². The highest BCUT2D eigenvalue weighted by atomic mass is 14.9. The number of nitrogens with zero attached hydrogens (tertiary/aromatic N) is 1. The van der Waals surface area contributed by atoms with Crippen molar-refractivity contribution in [1.29, 1.82) is 5.26 Å². The van der Waals surface area contributed by atoms with Crippen LogP contribution in [0.5, 0.6) is 0 Å². The molecular formula is C12H24N2. The third-order valence-electron chi connectivity index (χ3n) is 2.69. The van der Waals surface area contributed by atoms with E-state index in [0.29, 0.717) is 12.5 Å². The fourth-order valence-corrected chi connectivity index (χ4v) is 1.80. The highest BCUT2D eigenvalue weighted by molar-refractivity contribution is 4.77. The second-order valence-corrected chi connectivity index (χ2v) is 3.82. The van der Waals surface area contributed by atoms with E-state index in [0.717, 1.165) is 12.5 Å². The Balaban J connectivity index is 0.000000791. The zero-order chi connectivity index (χ0) is 10.8. The van der Waals surface area contributed by atoms with Gasteiger partial charge in [-0.3, -0.25) is 0 Å². The lowest BCUT2D eigenvalue weighted by Crippen LogP contribution is -2.33. The van der Waals surface area contributed by atoms with Crippen LogP contribution in [0.2, 0.25) is 0 Å². The minimum absolute atomic E-state index is 0.645. The first kappa shape index (κ1) is 13.4. The summed E-state index contributed by atoms with van der Waals surface area (Å²) in [5.74, 6) is 0.916. The summed E-state index contributed by atoms with van der Waals surface area (Å²) >= 11 is 0. The number of nitrogens with one attached hydrogen (secondary N) is 1. The minimum atomic E-state index is 0.645. The standard InChI is InChI=1S/C10H18N2.C2H6/c1-9-3-5-10(6-4-9)12-8-2-7-11;1-2/h9-10,12H,2-6,8H2,1H3;1-2H3. The molecule has 0 amide bonds. The largest absolute Gasteiger partial charge is 0.313 e. The molecule has 0 atom stereocenters. The van der Waals surface area contributed by atoms with Crippen molar-refractivity contribution in [2.24, 2.45) is 5.92 Å². The average molecular weight is 196 g/mol. The molecule has 0 radical (unpaired) electrons. The molecular weight excluding hydrogens is 172 g/mol. The number of rotatable bonds is 3. The summed E-state index contributed by atoms with van der Waals surface area (Å²) in [7, 11) is 0. The lowest BCUT2D eigenvalue weighted by atomic mass is 9.87. The maximum absolute atomic E-state index is 8.35. The second kappa shape index (κ2) is 9.02. The molecule has 1 N–H and O–H groups in total. The molecule has 82 valence electrons. The van der Waals surface area contributed by atoms with Gasteiger partial charge in [0.15, 0.2) is 0 Å². The number of nitriles is 1. The normalized spacial score (nSPS) is 25.9. The third-order valence-corrected chi connectivity index (χ3v) is 2.69. The van der Waals surface area contributed by atoms with Gasteiger partial charge in [0.05, 0.1) is 6.07 Å². The van der Waals surface area contributed by atoms with E-state index >= 15 is 0 Å². The molecule has 1 aliphatic carbocycles. The SMILES string of the molecule is CC.CC1CCC(NCCC#N)CC1. The van der Waals surface area contributed by atoms with Crippen LogP contribution in [0.15, 0.2) is 0 Å². The lowest BCUT2D eigenvalue weighted by Gasteiger charge is -2.26. The summed E-state index contributed by atoms with van der Waals surface area (Å²) in [6.07, 6.45) is 5.94. The van der Waals surface area contributed by atoms with Crippen LogP contribution in [0, 0.1) is 17.2 Å². The van der Waals surface area contributed by atoms with Gasteiger partial charge in [-0.25, -0.2) is 0 Å². The van der Waals surface area contributed by atoms with Crippen molar-refractivity contribution in [2.75, 3.05) is 6.54 Å². The number of hydrogen-bond acceptors (Lipinski definition) is 2. The highest BCUT2D eigenvalue weighted by Gasteiger charge is 2.16. The van der Waals surface area contributed by atoms with Crippen molar-refractivity contribution >= 4 is 0 Å². The van der Waals surface area contributed by atoms with Gasteiger partial charge < -0.3 is 5.32 Å². The van der Waals surface area contributed by atoms with Gasteiger partial charge in [0, 0.05) is 19.0 Å². The van der Waals surface area contributed by atoms with Crippen LogP contribution in [0.1, 0.15) is 52.9 Å². The molecule has 2 heteroatoms. The molecule has 1 aliphatic rings. The smallest absolute Gasteiger partial charge is 0.0635 e. The molecule has 0 aromatic heterocycles. The molecule has 0 bridgehead atoms. The molecule has 1 rings (SSSR count). The Morgan fingerprint density at radius 2 is 1.79 bits per heavy atom. The third kappa shape index (κ3) is 5.99. The molecule has 0 unspecified atom stereocenters.